The number of rotatable bonds is 8. The van der Waals surface area contributed by atoms with Gasteiger partial charge in [-0.15, -0.1) is 0 Å². The predicted octanol–water partition coefficient (Wildman–Crippen LogP) is 3.88. The quantitative estimate of drug-likeness (QED) is 0.681. The molecule has 0 fully saturated rings. The van der Waals surface area contributed by atoms with Gasteiger partial charge in [-0.2, -0.15) is 8.78 Å². The van der Waals surface area contributed by atoms with Gasteiger partial charge in [0.15, 0.2) is 11.5 Å². The molecule has 0 aliphatic carbocycles. The lowest BCUT2D eigenvalue weighted by Crippen LogP contribution is -2.37. The van der Waals surface area contributed by atoms with Crippen LogP contribution < -0.4 is 19.7 Å². The number of nitrogens with one attached hydrogen (secondary N) is 1. The Morgan fingerprint density at radius 2 is 2.07 bits per heavy atom. The number of nitrogens with zero attached hydrogens (tertiary/aromatic N) is 1. The minimum atomic E-state index is -2.99. The first kappa shape index (κ1) is 20.6. The van der Waals surface area contributed by atoms with Crippen LogP contribution in [0.2, 0.25) is 0 Å². The molecule has 29 heavy (non-hydrogen) atoms. The third-order valence-electron chi connectivity index (χ3n) is 4.85. The molecule has 1 aliphatic rings. The smallest absolute Gasteiger partial charge is 0.387 e. The third-order valence-corrected chi connectivity index (χ3v) is 4.85. The molecule has 1 heterocycles. The maximum Gasteiger partial charge on any atom is 0.387 e. The van der Waals surface area contributed by atoms with E-state index in [1.807, 2.05) is 12.1 Å². The van der Waals surface area contributed by atoms with E-state index in [-0.39, 0.29) is 17.4 Å². The molecular formula is C22H24F2N2O3. The van der Waals surface area contributed by atoms with E-state index in [1.54, 1.807) is 12.1 Å². The number of amides is 1. The molecule has 154 valence electrons. The summed E-state index contributed by atoms with van der Waals surface area (Å²) in [4.78, 5) is 14.4. The second-order valence-corrected chi connectivity index (χ2v) is 6.76. The Balaban J connectivity index is 1.58. The van der Waals surface area contributed by atoms with Gasteiger partial charge in [0.1, 0.15) is 0 Å². The van der Waals surface area contributed by atoms with Gasteiger partial charge in [0.05, 0.1) is 7.11 Å². The molecule has 3 rings (SSSR count). The fraction of sp³-hybridized carbons (Fsp3) is 0.318. The van der Waals surface area contributed by atoms with Gasteiger partial charge in [0.25, 0.3) is 0 Å². The monoisotopic (exact) mass is 402 g/mol. The highest BCUT2D eigenvalue weighted by molar-refractivity contribution is 5.92. The number of para-hydroxylation sites is 2. The second-order valence-electron chi connectivity index (χ2n) is 6.76. The Hall–Kier alpha value is -3.09. The number of methoxy groups -OCH3 is 1. The molecule has 2 aromatic carbocycles. The number of hydrogen-bond donors (Lipinski definition) is 1. The van der Waals surface area contributed by atoms with Crippen molar-refractivity contribution in [2.24, 2.45) is 0 Å². The van der Waals surface area contributed by atoms with Crippen molar-refractivity contribution in [3.63, 3.8) is 0 Å². The number of fused-ring (bicyclic) bond motifs is 1. The predicted molar refractivity (Wildman–Crippen MR) is 109 cm³/mol. The fourth-order valence-corrected chi connectivity index (χ4v) is 3.53. The highest BCUT2D eigenvalue weighted by atomic mass is 19.3. The fourth-order valence-electron chi connectivity index (χ4n) is 3.53. The van der Waals surface area contributed by atoms with Gasteiger partial charge in [-0.3, -0.25) is 4.79 Å². The molecule has 0 bridgehead atoms. The number of carbonyl (C=O) groups is 1. The first-order valence-corrected chi connectivity index (χ1v) is 9.42. The first-order valence-electron chi connectivity index (χ1n) is 9.42. The van der Waals surface area contributed by atoms with Crippen molar-refractivity contribution in [2.45, 2.75) is 26.0 Å². The molecule has 0 spiro atoms. The lowest BCUT2D eigenvalue weighted by atomic mass is 10.1. The maximum absolute atomic E-state index is 12.7. The number of ether oxygens (including phenoxy) is 2. The summed E-state index contributed by atoms with van der Waals surface area (Å²) in [6.45, 7) is 0.337. The molecule has 1 unspecified atom stereocenters. The topological polar surface area (TPSA) is 50.8 Å². The van der Waals surface area contributed by atoms with E-state index in [1.165, 1.54) is 36.6 Å². The molecule has 1 N–H and O–H groups in total. The van der Waals surface area contributed by atoms with Gasteiger partial charge < -0.3 is 19.7 Å². The summed E-state index contributed by atoms with van der Waals surface area (Å²) in [5.74, 6) is -0.234. The van der Waals surface area contributed by atoms with Crippen LogP contribution in [0.4, 0.5) is 14.5 Å². The van der Waals surface area contributed by atoms with Crippen LogP contribution in [0.15, 0.2) is 48.5 Å². The minimum Gasteiger partial charge on any atom is -0.493 e. The highest BCUT2D eigenvalue weighted by Crippen LogP contribution is 2.33. The zero-order valence-electron chi connectivity index (χ0n) is 16.4. The highest BCUT2D eigenvalue weighted by Gasteiger charge is 2.24. The lowest BCUT2D eigenvalue weighted by molar-refractivity contribution is -0.116. The van der Waals surface area contributed by atoms with Crippen LogP contribution in [0.1, 0.15) is 18.1 Å². The van der Waals surface area contributed by atoms with Gasteiger partial charge >= 0.3 is 6.61 Å². The number of benzene rings is 2. The van der Waals surface area contributed by atoms with Gasteiger partial charge in [-0.25, -0.2) is 0 Å². The van der Waals surface area contributed by atoms with E-state index in [9.17, 15) is 13.6 Å². The van der Waals surface area contributed by atoms with E-state index in [0.29, 0.717) is 24.7 Å². The zero-order chi connectivity index (χ0) is 20.8. The Kier molecular flexibility index (Phi) is 6.69. The largest absolute Gasteiger partial charge is 0.493 e. The molecule has 7 heteroatoms. The summed E-state index contributed by atoms with van der Waals surface area (Å²) in [5, 5.41) is 2.83. The molecule has 0 radical (unpaired) electrons. The van der Waals surface area contributed by atoms with Gasteiger partial charge in [-0.1, -0.05) is 30.3 Å². The van der Waals surface area contributed by atoms with Crippen molar-refractivity contribution in [1.29, 1.82) is 0 Å². The molecule has 0 aromatic heterocycles. The second kappa shape index (κ2) is 9.41. The van der Waals surface area contributed by atoms with Crippen molar-refractivity contribution in [1.82, 2.24) is 5.32 Å². The van der Waals surface area contributed by atoms with Gasteiger partial charge in [-0.05, 0) is 37.1 Å². The van der Waals surface area contributed by atoms with E-state index >= 15 is 0 Å². The Bertz CT molecular complexity index is 886. The average Bonchev–Trinajstić information content (AvgIpc) is 3.02. The van der Waals surface area contributed by atoms with Crippen molar-refractivity contribution >= 4 is 17.7 Å². The SMILES string of the molecule is COc1cccc(C=CC(=O)NCCN2c3ccccc3CC2C)c1OC(F)F. The molecule has 2 aromatic rings. The standard InChI is InChI=1S/C22H24F2N2O3/c1-15-14-17-6-3-4-8-18(17)26(15)13-12-25-20(27)11-10-16-7-5-9-19(28-2)21(16)29-22(23)24/h3-11,15,22H,12-14H2,1-2H3,(H,25,27). The van der Waals surface area contributed by atoms with Crippen molar-refractivity contribution in [3.8, 4) is 11.5 Å². The first-order chi connectivity index (χ1) is 14.0. The minimum absolute atomic E-state index is 0.100. The number of anilines is 1. The van der Waals surface area contributed by atoms with Crippen LogP contribution in [0, 0.1) is 0 Å². The number of halogens is 2. The number of hydrogen-bond acceptors (Lipinski definition) is 4. The van der Waals surface area contributed by atoms with E-state index in [0.717, 1.165) is 6.42 Å². The van der Waals surface area contributed by atoms with Gasteiger partial charge in [0.2, 0.25) is 5.91 Å². The summed E-state index contributed by atoms with van der Waals surface area (Å²) in [5.41, 5.74) is 2.85. The molecule has 1 atom stereocenters. The van der Waals surface area contributed by atoms with Crippen molar-refractivity contribution in [3.05, 3.63) is 59.7 Å². The zero-order valence-corrected chi connectivity index (χ0v) is 16.4. The summed E-state index contributed by atoms with van der Waals surface area (Å²) in [6.07, 6.45) is 3.73. The van der Waals surface area contributed by atoms with Crippen LogP contribution in [0.3, 0.4) is 0 Å². The average molecular weight is 402 g/mol. The van der Waals surface area contributed by atoms with Crippen LogP contribution in [0.25, 0.3) is 6.08 Å². The van der Waals surface area contributed by atoms with Crippen LogP contribution >= 0.6 is 0 Å². The summed E-state index contributed by atoms with van der Waals surface area (Å²) >= 11 is 0. The molecular weight excluding hydrogens is 378 g/mol. The molecule has 0 saturated heterocycles. The normalized spacial score (nSPS) is 15.6. The van der Waals surface area contributed by atoms with E-state index < -0.39 is 6.61 Å². The van der Waals surface area contributed by atoms with E-state index in [4.69, 9.17) is 4.74 Å². The summed E-state index contributed by atoms with van der Waals surface area (Å²) in [7, 11) is 1.37. The molecule has 1 aliphatic heterocycles. The Morgan fingerprint density at radius 1 is 1.28 bits per heavy atom. The maximum atomic E-state index is 12.7. The summed E-state index contributed by atoms with van der Waals surface area (Å²) in [6, 6.07) is 13.4. The van der Waals surface area contributed by atoms with Crippen LogP contribution in [0.5, 0.6) is 11.5 Å². The molecule has 5 nitrogen and oxygen atoms in total. The lowest BCUT2D eigenvalue weighted by Gasteiger charge is -2.24. The Morgan fingerprint density at radius 3 is 2.83 bits per heavy atom. The van der Waals surface area contributed by atoms with Gasteiger partial charge in [0, 0.05) is 36.5 Å². The third kappa shape index (κ3) is 5.04. The van der Waals surface area contributed by atoms with Crippen LogP contribution in [-0.2, 0) is 11.2 Å². The number of alkyl halides is 2. The Labute approximate surface area is 168 Å². The summed E-state index contributed by atoms with van der Waals surface area (Å²) < 4.78 is 35.0. The van der Waals surface area contributed by atoms with Crippen molar-refractivity contribution in [2.75, 3.05) is 25.1 Å². The van der Waals surface area contributed by atoms with Crippen molar-refractivity contribution < 1.29 is 23.0 Å². The molecule has 1 amide bonds. The van der Waals surface area contributed by atoms with E-state index in [2.05, 4.69) is 34.0 Å². The number of carbonyl (C=O) groups excluding carboxylic acids is 1. The molecule has 0 saturated carbocycles. The van der Waals surface area contributed by atoms with Crippen LogP contribution in [-0.4, -0.2) is 38.8 Å².